The van der Waals surface area contributed by atoms with Crippen molar-refractivity contribution in [2.45, 2.75) is 0 Å². The third-order valence-electron chi connectivity index (χ3n) is 0.677. The minimum absolute atomic E-state index is 0.0463. The topological polar surface area (TPSA) is 85.4 Å². The van der Waals surface area contributed by atoms with Crippen molar-refractivity contribution in [2.24, 2.45) is 0 Å². The highest BCUT2D eigenvalue weighted by molar-refractivity contribution is 7.17. The minimum Gasteiger partial charge on any atom is -0.449 e. The highest BCUT2D eigenvalue weighted by Gasteiger charge is 2.03. The maximum atomic E-state index is 9.88. The average Bonchev–Trinajstić information content (AvgIpc) is 2.13. The fourth-order valence-corrected chi connectivity index (χ4v) is 0.917. The van der Waals surface area contributed by atoms with Crippen LogP contribution in [-0.2, 0) is 0 Å². The predicted octanol–water partition coefficient (Wildman–Crippen LogP) is 0.782. The maximum Gasteiger partial charge on any atom is 0.513 e. The zero-order valence-corrected chi connectivity index (χ0v) is 5.59. The second-order valence-corrected chi connectivity index (χ2v) is 2.42. The Morgan fingerprint density at radius 2 is 2.60 bits per heavy atom. The van der Waals surface area contributed by atoms with Gasteiger partial charge in [0.2, 0.25) is 0 Å². The van der Waals surface area contributed by atoms with Gasteiger partial charge in [-0.05, 0) is 0 Å². The lowest BCUT2D eigenvalue weighted by atomic mass is 10.9. The highest BCUT2D eigenvalue weighted by atomic mass is 32.1. The molecule has 1 rings (SSSR count). The van der Waals surface area contributed by atoms with E-state index in [2.05, 4.69) is 9.72 Å². The molecule has 0 aromatic carbocycles. The van der Waals surface area contributed by atoms with Crippen molar-refractivity contribution in [3.8, 4) is 5.19 Å². The molecule has 0 bridgehead atoms. The molecule has 0 saturated heterocycles. The zero-order chi connectivity index (χ0) is 7.56. The van der Waals surface area contributed by atoms with Crippen LogP contribution in [0.2, 0.25) is 0 Å². The van der Waals surface area contributed by atoms with Crippen LogP contribution in [0.5, 0.6) is 5.19 Å². The molecule has 10 heavy (non-hydrogen) atoms. The minimum atomic E-state index is -1.38. The Balaban J connectivity index is 2.67. The van der Waals surface area contributed by atoms with Gasteiger partial charge in [0.05, 0.1) is 6.20 Å². The van der Waals surface area contributed by atoms with Gasteiger partial charge in [0.25, 0.3) is 5.19 Å². The Kier molecular flexibility index (Phi) is 1.72. The largest absolute Gasteiger partial charge is 0.513 e. The number of hydrogen-bond donors (Lipinski definition) is 2. The summed E-state index contributed by atoms with van der Waals surface area (Å²) in [5, 5.41) is 8.55. The molecule has 3 N–H and O–H groups in total. The maximum absolute atomic E-state index is 9.88. The summed E-state index contributed by atoms with van der Waals surface area (Å²) in [7, 11) is 0. The van der Waals surface area contributed by atoms with Crippen molar-refractivity contribution in [1.82, 2.24) is 4.98 Å². The van der Waals surface area contributed by atoms with Crippen molar-refractivity contribution in [1.29, 1.82) is 0 Å². The Morgan fingerprint density at radius 1 is 1.90 bits per heavy atom. The number of carboxylic acid groups (broad SMARTS) is 1. The zero-order valence-electron chi connectivity index (χ0n) is 4.77. The molecule has 1 heterocycles. The molecule has 0 fully saturated rings. The van der Waals surface area contributed by atoms with E-state index in [1.807, 2.05) is 0 Å². The standard InChI is InChI=1S/C4H4N2O3S/c5-2-1-6-3(10-2)9-4(7)8/h1H,5H2,(H,7,8). The van der Waals surface area contributed by atoms with Gasteiger partial charge >= 0.3 is 6.16 Å². The SMILES string of the molecule is Nc1cnc(OC(=O)O)s1. The first kappa shape index (κ1) is 6.81. The second kappa shape index (κ2) is 2.53. The predicted molar refractivity (Wildman–Crippen MR) is 35.2 cm³/mol. The van der Waals surface area contributed by atoms with Gasteiger partial charge in [-0.2, -0.15) is 0 Å². The number of nitrogens with zero attached hydrogens (tertiary/aromatic N) is 1. The van der Waals surface area contributed by atoms with Gasteiger partial charge in [0, 0.05) is 0 Å². The van der Waals surface area contributed by atoms with E-state index in [1.54, 1.807) is 0 Å². The molecule has 0 saturated carbocycles. The summed E-state index contributed by atoms with van der Waals surface area (Å²) in [6.07, 6.45) is -0.0440. The van der Waals surface area contributed by atoms with E-state index in [-0.39, 0.29) is 5.19 Å². The van der Waals surface area contributed by atoms with Crippen molar-refractivity contribution in [3.05, 3.63) is 6.20 Å². The molecular formula is C4H4N2O3S. The van der Waals surface area contributed by atoms with E-state index in [9.17, 15) is 4.79 Å². The Labute approximate surface area is 60.1 Å². The summed E-state index contributed by atoms with van der Waals surface area (Å²) >= 11 is 0.980. The summed E-state index contributed by atoms with van der Waals surface area (Å²) < 4.78 is 4.18. The molecule has 0 aliphatic heterocycles. The first-order valence-electron chi connectivity index (χ1n) is 2.30. The lowest BCUT2D eigenvalue weighted by Gasteiger charge is -1.88. The van der Waals surface area contributed by atoms with Gasteiger partial charge in [-0.25, -0.2) is 9.78 Å². The van der Waals surface area contributed by atoms with Gasteiger partial charge in [0.15, 0.2) is 0 Å². The molecule has 6 heteroatoms. The van der Waals surface area contributed by atoms with Gasteiger partial charge < -0.3 is 15.6 Å². The average molecular weight is 160 g/mol. The molecular weight excluding hydrogens is 156 g/mol. The quantitative estimate of drug-likeness (QED) is 0.593. The second-order valence-electron chi connectivity index (χ2n) is 1.40. The smallest absolute Gasteiger partial charge is 0.449 e. The van der Waals surface area contributed by atoms with Gasteiger partial charge in [-0.15, -0.1) is 0 Å². The summed E-state index contributed by atoms with van der Waals surface area (Å²) in [6.45, 7) is 0. The van der Waals surface area contributed by atoms with E-state index in [0.717, 1.165) is 11.3 Å². The fraction of sp³-hybridized carbons (Fsp3) is 0. The molecule has 1 aromatic rings. The van der Waals surface area contributed by atoms with E-state index < -0.39 is 6.16 Å². The molecule has 5 nitrogen and oxygen atoms in total. The molecule has 0 spiro atoms. The third-order valence-corrected chi connectivity index (χ3v) is 1.38. The Morgan fingerprint density at radius 3 is 3.00 bits per heavy atom. The normalized spacial score (nSPS) is 9.20. The van der Waals surface area contributed by atoms with E-state index in [0.29, 0.717) is 5.00 Å². The number of nitrogen functional groups attached to an aromatic ring is 1. The number of ether oxygens (including phenoxy) is 1. The third kappa shape index (κ3) is 1.59. The first-order chi connectivity index (χ1) is 4.68. The van der Waals surface area contributed by atoms with Gasteiger partial charge in [-0.3, -0.25) is 0 Å². The van der Waals surface area contributed by atoms with Crippen molar-refractivity contribution >= 4 is 22.5 Å². The van der Waals surface area contributed by atoms with Gasteiger partial charge in [0.1, 0.15) is 5.00 Å². The van der Waals surface area contributed by atoms with Crippen LogP contribution in [0.3, 0.4) is 0 Å². The number of nitrogens with two attached hydrogens (primary N) is 1. The highest BCUT2D eigenvalue weighted by Crippen LogP contribution is 2.21. The molecule has 0 aliphatic carbocycles. The number of hydrogen-bond acceptors (Lipinski definition) is 5. The molecule has 0 atom stereocenters. The van der Waals surface area contributed by atoms with Crippen LogP contribution in [0.25, 0.3) is 0 Å². The van der Waals surface area contributed by atoms with Gasteiger partial charge in [-0.1, -0.05) is 11.3 Å². The van der Waals surface area contributed by atoms with Crippen molar-refractivity contribution < 1.29 is 14.6 Å². The van der Waals surface area contributed by atoms with Crippen LogP contribution in [0.1, 0.15) is 0 Å². The van der Waals surface area contributed by atoms with E-state index in [4.69, 9.17) is 10.8 Å². The number of carbonyl (C=O) groups is 1. The molecule has 0 aliphatic rings. The summed E-state index contributed by atoms with van der Waals surface area (Å²) in [5.41, 5.74) is 5.24. The molecule has 0 radical (unpaired) electrons. The van der Waals surface area contributed by atoms with Crippen molar-refractivity contribution in [3.63, 3.8) is 0 Å². The first-order valence-corrected chi connectivity index (χ1v) is 3.12. The van der Waals surface area contributed by atoms with Crippen LogP contribution in [0.15, 0.2) is 6.20 Å². The van der Waals surface area contributed by atoms with Crippen LogP contribution in [-0.4, -0.2) is 16.2 Å². The van der Waals surface area contributed by atoms with E-state index >= 15 is 0 Å². The Hall–Kier alpha value is -1.30. The number of aromatic nitrogens is 1. The van der Waals surface area contributed by atoms with E-state index in [1.165, 1.54) is 6.20 Å². The number of rotatable bonds is 1. The molecule has 0 unspecified atom stereocenters. The molecule has 0 amide bonds. The number of anilines is 1. The Bertz CT molecular complexity index is 246. The fourth-order valence-electron chi connectivity index (χ4n) is 0.392. The lowest BCUT2D eigenvalue weighted by molar-refractivity contribution is 0.144. The summed E-state index contributed by atoms with van der Waals surface area (Å²) in [5.74, 6) is 0. The lowest BCUT2D eigenvalue weighted by Crippen LogP contribution is -2.01. The molecule has 1 aromatic heterocycles. The van der Waals surface area contributed by atoms with Crippen molar-refractivity contribution in [2.75, 3.05) is 5.73 Å². The van der Waals surface area contributed by atoms with Crippen LogP contribution in [0, 0.1) is 0 Å². The molecule has 54 valence electrons. The summed E-state index contributed by atoms with van der Waals surface area (Å²) in [4.78, 5) is 13.4. The van der Waals surface area contributed by atoms with Crippen LogP contribution < -0.4 is 10.5 Å². The summed E-state index contributed by atoms with van der Waals surface area (Å²) in [6, 6.07) is 0. The van der Waals surface area contributed by atoms with Crippen LogP contribution >= 0.6 is 11.3 Å². The number of thiazole rings is 1. The monoisotopic (exact) mass is 160 g/mol. The van der Waals surface area contributed by atoms with Crippen LogP contribution in [0.4, 0.5) is 9.80 Å².